The summed E-state index contributed by atoms with van der Waals surface area (Å²) in [6, 6.07) is 0. The third-order valence-corrected chi connectivity index (χ3v) is 2.95. The molecular formula is C4H6N2O2S2. The Bertz CT molecular complexity index is 301. The molecule has 56 valence electrons. The van der Waals surface area contributed by atoms with Crippen molar-refractivity contribution in [2.75, 3.05) is 5.75 Å². The Balaban J connectivity index is 3.15. The number of thiol groups is 1. The van der Waals surface area contributed by atoms with Gasteiger partial charge in [0.2, 0.25) is 0 Å². The van der Waals surface area contributed by atoms with E-state index in [1.165, 1.54) is 6.08 Å². The van der Waals surface area contributed by atoms with Crippen molar-refractivity contribution < 1.29 is 8.42 Å². The van der Waals surface area contributed by atoms with E-state index in [0.717, 1.165) is 0 Å². The maximum absolute atomic E-state index is 10.8. The fourth-order valence-electron chi connectivity index (χ4n) is 0.590. The summed E-state index contributed by atoms with van der Waals surface area (Å²) < 4.78 is 24.8. The number of nitrogens with zero attached hydrogens (tertiary/aromatic N) is 1. The van der Waals surface area contributed by atoms with Crippen molar-refractivity contribution in [3.05, 3.63) is 11.0 Å². The zero-order valence-electron chi connectivity index (χ0n) is 4.98. The highest BCUT2D eigenvalue weighted by atomic mass is 32.2. The fourth-order valence-corrected chi connectivity index (χ4v) is 2.05. The lowest BCUT2D eigenvalue weighted by atomic mass is 10.5. The number of nitrogens with two attached hydrogens (primary N) is 1. The van der Waals surface area contributed by atoms with Gasteiger partial charge in [-0.15, -0.1) is 4.40 Å². The first-order valence-electron chi connectivity index (χ1n) is 2.48. The lowest BCUT2D eigenvalue weighted by Gasteiger charge is -1.90. The molecule has 0 aromatic heterocycles. The molecule has 0 bridgehead atoms. The minimum Gasteiger partial charge on any atom is -0.383 e. The molecule has 0 atom stereocenters. The minimum absolute atomic E-state index is 0.0315. The van der Waals surface area contributed by atoms with Gasteiger partial charge in [-0.2, -0.15) is 21.0 Å². The second-order valence-corrected chi connectivity index (χ2v) is 3.73. The van der Waals surface area contributed by atoms with Crippen LogP contribution in [0.1, 0.15) is 0 Å². The summed E-state index contributed by atoms with van der Waals surface area (Å²) in [6.45, 7) is 0. The predicted molar refractivity (Wildman–Crippen MR) is 42.5 cm³/mol. The molecular weight excluding hydrogens is 172 g/mol. The van der Waals surface area contributed by atoms with Crippen molar-refractivity contribution in [1.82, 2.24) is 0 Å². The van der Waals surface area contributed by atoms with Gasteiger partial charge >= 0.3 is 0 Å². The van der Waals surface area contributed by atoms with E-state index in [1.807, 2.05) is 0 Å². The van der Waals surface area contributed by atoms with Gasteiger partial charge in [0, 0.05) is 5.75 Å². The molecule has 0 aliphatic carbocycles. The van der Waals surface area contributed by atoms with E-state index in [-0.39, 0.29) is 16.5 Å². The molecule has 0 fully saturated rings. The highest BCUT2D eigenvalue weighted by Gasteiger charge is 2.20. The molecule has 10 heavy (non-hydrogen) atoms. The lowest BCUT2D eigenvalue weighted by molar-refractivity contribution is 0.605. The quantitative estimate of drug-likeness (QED) is 0.532. The average Bonchev–Trinajstić information content (AvgIpc) is 2.04. The van der Waals surface area contributed by atoms with E-state index in [1.54, 1.807) is 0 Å². The summed E-state index contributed by atoms with van der Waals surface area (Å²) in [7, 11) is -3.44. The standard InChI is InChI=1S/C4H6N2O2S2/c5-4-1-3(2-9)10(7,8)6-4/h1,9H,2H2,(H2,5,6). The van der Waals surface area contributed by atoms with Crippen LogP contribution in [0, 0.1) is 0 Å². The van der Waals surface area contributed by atoms with Crippen molar-refractivity contribution >= 4 is 28.5 Å². The maximum atomic E-state index is 10.8. The van der Waals surface area contributed by atoms with Gasteiger partial charge in [0.25, 0.3) is 10.0 Å². The number of amidine groups is 1. The molecule has 4 nitrogen and oxygen atoms in total. The lowest BCUT2D eigenvalue weighted by Crippen LogP contribution is -2.04. The van der Waals surface area contributed by atoms with Crippen LogP contribution in [-0.2, 0) is 10.0 Å². The molecule has 2 N–H and O–H groups in total. The summed E-state index contributed by atoms with van der Waals surface area (Å²) in [6.07, 6.45) is 1.31. The Morgan fingerprint density at radius 2 is 2.30 bits per heavy atom. The predicted octanol–water partition coefficient (Wildman–Crippen LogP) is -0.499. The van der Waals surface area contributed by atoms with Crippen LogP contribution < -0.4 is 5.73 Å². The van der Waals surface area contributed by atoms with Crippen molar-refractivity contribution in [2.45, 2.75) is 0 Å². The van der Waals surface area contributed by atoms with E-state index in [9.17, 15) is 8.42 Å². The van der Waals surface area contributed by atoms with E-state index in [2.05, 4.69) is 17.0 Å². The summed E-state index contributed by atoms with van der Waals surface area (Å²) in [5, 5.41) is 0. The van der Waals surface area contributed by atoms with Crippen LogP contribution in [0.3, 0.4) is 0 Å². The highest BCUT2D eigenvalue weighted by Crippen LogP contribution is 2.15. The van der Waals surface area contributed by atoms with E-state index < -0.39 is 10.0 Å². The average molecular weight is 178 g/mol. The molecule has 0 unspecified atom stereocenters. The van der Waals surface area contributed by atoms with Crippen LogP contribution in [-0.4, -0.2) is 20.0 Å². The van der Waals surface area contributed by atoms with Gasteiger partial charge in [-0.05, 0) is 6.08 Å². The van der Waals surface area contributed by atoms with Crippen LogP contribution in [0.5, 0.6) is 0 Å². The summed E-state index contributed by atoms with van der Waals surface area (Å²) in [5.74, 6) is 0.177. The minimum atomic E-state index is -3.44. The number of rotatable bonds is 1. The summed E-state index contributed by atoms with van der Waals surface area (Å²) >= 11 is 3.79. The van der Waals surface area contributed by atoms with Crippen LogP contribution >= 0.6 is 12.6 Å². The molecule has 0 aromatic carbocycles. The van der Waals surface area contributed by atoms with Crippen LogP contribution in [0.2, 0.25) is 0 Å². The molecule has 1 rings (SSSR count). The Labute approximate surface area is 64.3 Å². The molecule has 1 aliphatic heterocycles. The van der Waals surface area contributed by atoms with E-state index in [0.29, 0.717) is 0 Å². The third kappa shape index (κ3) is 1.17. The molecule has 1 aliphatic rings. The van der Waals surface area contributed by atoms with Crippen molar-refractivity contribution in [1.29, 1.82) is 0 Å². The molecule has 6 heteroatoms. The van der Waals surface area contributed by atoms with Crippen LogP contribution in [0.25, 0.3) is 0 Å². The Hall–Kier alpha value is -0.490. The Morgan fingerprint density at radius 3 is 2.50 bits per heavy atom. The second-order valence-electron chi connectivity index (χ2n) is 1.76. The largest absolute Gasteiger partial charge is 0.383 e. The van der Waals surface area contributed by atoms with Gasteiger partial charge in [-0.25, -0.2) is 0 Å². The van der Waals surface area contributed by atoms with Crippen LogP contribution in [0.15, 0.2) is 15.4 Å². The second kappa shape index (κ2) is 2.28. The first-order chi connectivity index (χ1) is 4.56. The Morgan fingerprint density at radius 1 is 1.70 bits per heavy atom. The van der Waals surface area contributed by atoms with Crippen molar-refractivity contribution in [3.63, 3.8) is 0 Å². The number of hydrogen-bond acceptors (Lipinski definition) is 4. The van der Waals surface area contributed by atoms with E-state index >= 15 is 0 Å². The molecule has 0 amide bonds. The molecule has 0 saturated heterocycles. The van der Waals surface area contributed by atoms with Crippen LogP contribution in [0.4, 0.5) is 0 Å². The first-order valence-corrected chi connectivity index (χ1v) is 4.55. The summed E-state index contributed by atoms with van der Waals surface area (Å²) in [5.41, 5.74) is 5.14. The van der Waals surface area contributed by atoms with Gasteiger partial charge in [-0.3, -0.25) is 0 Å². The van der Waals surface area contributed by atoms with Gasteiger partial charge in [0.05, 0.1) is 4.91 Å². The third-order valence-electron chi connectivity index (χ3n) is 1.02. The van der Waals surface area contributed by atoms with E-state index in [4.69, 9.17) is 5.73 Å². The van der Waals surface area contributed by atoms with Gasteiger partial charge in [-0.1, -0.05) is 0 Å². The summed E-state index contributed by atoms with van der Waals surface area (Å²) in [4.78, 5) is 0.160. The number of hydrogen-bond donors (Lipinski definition) is 2. The SMILES string of the molecule is NC1=NS(=O)(=O)C(CS)=C1. The topological polar surface area (TPSA) is 72.5 Å². The van der Waals surface area contributed by atoms with Crippen molar-refractivity contribution in [2.24, 2.45) is 10.1 Å². The smallest absolute Gasteiger partial charge is 0.281 e. The van der Waals surface area contributed by atoms with Gasteiger partial charge < -0.3 is 5.73 Å². The maximum Gasteiger partial charge on any atom is 0.281 e. The van der Waals surface area contributed by atoms with Crippen molar-refractivity contribution in [3.8, 4) is 0 Å². The first kappa shape index (κ1) is 7.62. The van der Waals surface area contributed by atoms with Gasteiger partial charge in [0.15, 0.2) is 0 Å². The fraction of sp³-hybridized carbons (Fsp3) is 0.250. The van der Waals surface area contributed by atoms with Gasteiger partial charge in [0.1, 0.15) is 5.84 Å². The monoisotopic (exact) mass is 178 g/mol. The molecule has 0 saturated carbocycles. The zero-order valence-corrected chi connectivity index (χ0v) is 6.69. The molecule has 0 aromatic rings. The molecule has 1 heterocycles. The zero-order chi connectivity index (χ0) is 7.78. The highest BCUT2D eigenvalue weighted by molar-refractivity contribution is 7.95. The normalized spacial score (nSPS) is 22.1. The Kier molecular flexibility index (Phi) is 1.74. The molecule has 0 spiro atoms. The number of sulfonamides is 1. The molecule has 0 radical (unpaired) electrons.